The Labute approximate surface area is 174 Å². The van der Waals surface area contributed by atoms with Gasteiger partial charge >= 0.3 is 0 Å². The Hall–Kier alpha value is -3.06. The maximum absolute atomic E-state index is 3.96. The number of unbranched alkanes of at least 4 members (excludes halogenated alkanes) is 1. The quantitative estimate of drug-likeness (QED) is 0.426. The summed E-state index contributed by atoms with van der Waals surface area (Å²) in [6, 6.07) is 24.1. The first kappa shape index (κ1) is 19.3. The number of nitrogens with one attached hydrogen (secondary N) is 1. The first-order valence-corrected chi connectivity index (χ1v) is 10.5. The summed E-state index contributed by atoms with van der Waals surface area (Å²) in [5, 5.41) is 3.58. The summed E-state index contributed by atoms with van der Waals surface area (Å²) in [5.41, 5.74) is 10.2. The van der Waals surface area contributed by atoms with Gasteiger partial charge in [0, 0.05) is 16.8 Å². The van der Waals surface area contributed by atoms with Gasteiger partial charge in [0.25, 0.3) is 0 Å². The highest BCUT2D eigenvalue weighted by Crippen LogP contribution is 2.49. The zero-order valence-corrected chi connectivity index (χ0v) is 17.6. The molecule has 0 aliphatic heterocycles. The van der Waals surface area contributed by atoms with Crippen molar-refractivity contribution >= 4 is 16.9 Å². The molecule has 1 heteroatoms. The Morgan fingerprint density at radius 1 is 0.897 bits per heavy atom. The molecule has 0 bridgehead atoms. The largest absolute Gasteiger partial charge is 0.356 e. The Kier molecular flexibility index (Phi) is 5.15. The molecule has 1 N–H and O–H groups in total. The number of hydrogen-bond acceptors (Lipinski definition) is 1. The highest BCUT2D eigenvalue weighted by molar-refractivity contribution is 5.83. The molecule has 0 atom stereocenters. The molecule has 0 saturated heterocycles. The van der Waals surface area contributed by atoms with Crippen LogP contribution in [0, 0.1) is 0 Å². The van der Waals surface area contributed by atoms with Crippen molar-refractivity contribution in [3.63, 3.8) is 0 Å². The minimum Gasteiger partial charge on any atom is -0.356 e. The number of fused-ring (bicyclic) bond motifs is 3. The standard InChI is InChI=1S/C28H29N/c1-5-7-10-20(6-2)21-13-15-22(16-14-21)29-23-17-18-25-24-11-8-9-12-26(24)28(3,4)27(25)19-23/h6,8-19,29H,2,5,7H2,1,3-4H3/b20-10+. The number of hydrogen-bond donors (Lipinski definition) is 1. The minimum absolute atomic E-state index is 0.0242. The average Bonchev–Trinajstić information content (AvgIpc) is 2.97. The van der Waals surface area contributed by atoms with Crippen molar-refractivity contribution in [2.75, 3.05) is 5.32 Å². The van der Waals surface area contributed by atoms with E-state index in [9.17, 15) is 0 Å². The molecule has 146 valence electrons. The van der Waals surface area contributed by atoms with Gasteiger partial charge in [-0.1, -0.05) is 88.4 Å². The van der Waals surface area contributed by atoms with Crippen LogP contribution in [-0.4, -0.2) is 0 Å². The summed E-state index contributed by atoms with van der Waals surface area (Å²) in [5.74, 6) is 0. The predicted molar refractivity (Wildman–Crippen MR) is 127 cm³/mol. The van der Waals surface area contributed by atoms with Crippen molar-refractivity contribution in [3.8, 4) is 11.1 Å². The fourth-order valence-electron chi connectivity index (χ4n) is 4.31. The van der Waals surface area contributed by atoms with E-state index in [1.54, 1.807) is 0 Å². The van der Waals surface area contributed by atoms with Gasteiger partial charge in [0.05, 0.1) is 0 Å². The van der Waals surface area contributed by atoms with Crippen molar-refractivity contribution in [3.05, 3.63) is 102 Å². The molecule has 4 rings (SSSR count). The van der Waals surface area contributed by atoms with Gasteiger partial charge in [-0.25, -0.2) is 0 Å². The van der Waals surface area contributed by atoms with Crippen molar-refractivity contribution in [1.29, 1.82) is 0 Å². The summed E-state index contributed by atoms with van der Waals surface area (Å²) in [4.78, 5) is 0. The Balaban J connectivity index is 1.59. The van der Waals surface area contributed by atoms with Crippen LogP contribution in [0.1, 0.15) is 50.3 Å². The van der Waals surface area contributed by atoms with Gasteiger partial charge in [-0.3, -0.25) is 0 Å². The van der Waals surface area contributed by atoms with E-state index in [4.69, 9.17) is 0 Å². The molecule has 0 fully saturated rings. The third kappa shape index (κ3) is 3.53. The molecule has 0 saturated carbocycles. The molecule has 0 amide bonds. The van der Waals surface area contributed by atoms with E-state index >= 15 is 0 Å². The molecule has 3 aromatic carbocycles. The lowest BCUT2D eigenvalue weighted by Crippen LogP contribution is -2.15. The van der Waals surface area contributed by atoms with Gasteiger partial charge in [0.15, 0.2) is 0 Å². The van der Waals surface area contributed by atoms with Crippen LogP contribution >= 0.6 is 0 Å². The van der Waals surface area contributed by atoms with Crippen molar-refractivity contribution in [2.45, 2.75) is 39.0 Å². The molecule has 1 aliphatic rings. The smallest absolute Gasteiger partial charge is 0.0387 e. The molecule has 0 aromatic heterocycles. The zero-order valence-electron chi connectivity index (χ0n) is 17.6. The fourth-order valence-corrected chi connectivity index (χ4v) is 4.31. The number of allylic oxidation sites excluding steroid dienone is 3. The van der Waals surface area contributed by atoms with Crippen LogP contribution in [0.5, 0.6) is 0 Å². The van der Waals surface area contributed by atoms with Gasteiger partial charge in [-0.2, -0.15) is 0 Å². The predicted octanol–water partition coefficient (Wildman–Crippen LogP) is 8.11. The highest BCUT2D eigenvalue weighted by atomic mass is 14.9. The summed E-state index contributed by atoms with van der Waals surface area (Å²) in [6.45, 7) is 10.8. The summed E-state index contributed by atoms with van der Waals surface area (Å²) in [7, 11) is 0. The molecule has 29 heavy (non-hydrogen) atoms. The first-order valence-electron chi connectivity index (χ1n) is 10.5. The van der Waals surface area contributed by atoms with Gasteiger partial charge in [-0.15, -0.1) is 0 Å². The fraction of sp³-hybridized carbons (Fsp3) is 0.214. The van der Waals surface area contributed by atoms with E-state index in [1.807, 2.05) is 6.08 Å². The Bertz CT molecular complexity index is 1070. The van der Waals surface area contributed by atoms with E-state index in [0.29, 0.717) is 0 Å². The van der Waals surface area contributed by atoms with Gasteiger partial charge in [0.2, 0.25) is 0 Å². The van der Waals surface area contributed by atoms with Crippen LogP contribution in [-0.2, 0) is 5.41 Å². The van der Waals surface area contributed by atoms with E-state index in [1.165, 1.54) is 33.4 Å². The second-order valence-electron chi connectivity index (χ2n) is 8.29. The van der Waals surface area contributed by atoms with E-state index in [2.05, 4.69) is 105 Å². The van der Waals surface area contributed by atoms with E-state index < -0.39 is 0 Å². The van der Waals surface area contributed by atoms with Crippen molar-refractivity contribution in [1.82, 2.24) is 0 Å². The lowest BCUT2D eigenvalue weighted by Gasteiger charge is -2.22. The minimum atomic E-state index is 0.0242. The van der Waals surface area contributed by atoms with E-state index in [-0.39, 0.29) is 5.41 Å². The van der Waals surface area contributed by atoms with Crippen molar-refractivity contribution in [2.24, 2.45) is 0 Å². The van der Waals surface area contributed by atoms with Crippen LogP contribution in [0.15, 0.2) is 85.5 Å². The molecule has 0 heterocycles. The average molecular weight is 380 g/mol. The molecule has 1 nitrogen and oxygen atoms in total. The molecule has 3 aromatic rings. The molecule has 1 aliphatic carbocycles. The highest BCUT2D eigenvalue weighted by Gasteiger charge is 2.35. The van der Waals surface area contributed by atoms with Crippen LogP contribution in [0.25, 0.3) is 16.7 Å². The maximum Gasteiger partial charge on any atom is 0.0387 e. The van der Waals surface area contributed by atoms with Crippen LogP contribution in [0.3, 0.4) is 0 Å². The molecular weight excluding hydrogens is 350 g/mol. The number of anilines is 2. The van der Waals surface area contributed by atoms with E-state index in [0.717, 1.165) is 24.2 Å². The topological polar surface area (TPSA) is 12.0 Å². The lowest BCUT2D eigenvalue weighted by atomic mass is 9.82. The summed E-state index contributed by atoms with van der Waals surface area (Å²) in [6.07, 6.45) is 6.43. The number of rotatable bonds is 6. The van der Waals surface area contributed by atoms with Gasteiger partial charge < -0.3 is 5.32 Å². The molecule has 0 unspecified atom stereocenters. The Morgan fingerprint density at radius 3 is 2.31 bits per heavy atom. The second-order valence-corrected chi connectivity index (χ2v) is 8.29. The van der Waals surface area contributed by atoms with Gasteiger partial charge in [0.1, 0.15) is 0 Å². The van der Waals surface area contributed by atoms with Crippen molar-refractivity contribution < 1.29 is 0 Å². The van der Waals surface area contributed by atoms with Crippen LogP contribution in [0.4, 0.5) is 11.4 Å². The van der Waals surface area contributed by atoms with Gasteiger partial charge in [-0.05, 0) is 64.1 Å². The SMILES string of the molecule is C=C/C(=C\CCC)c1ccc(Nc2ccc3c(c2)C(C)(C)c2ccccc2-3)cc1. The zero-order chi connectivity index (χ0) is 20.4. The number of benzene rings is 3. The summed E-state index contributed by atoms with van der Waals surface area (Å²) < 4.78 is 0. The Morgan fingerprint density at radius 2 is 1.59 bits per heavy atom. The molecule has 0 radical (unpaired) electrons. The van der Waals surface area contributed by atoms with Crippen LogP contribution < -0.4 is 5.32 Å². The molecule has 0 spiro atoms. The molecular formula is C28H29N. The normalized spacial score (nSPS) is 14.2. The monoisotopic (exact) mass is 379 g/mol. The second kappa shape index (κ2) is 7.75. The third-order valence-electron chi connectivity index (χ3n) is 5.96. The lowest BCUT2D eigenvalue weighted by molar-refractivity contribution is 0.660. The summed E-state index contributed by atoms with van der Waals surface area (Å²) >= 11 is 0. The van der Waals surface area contributed by atoms with Crippen LogP contribution in [0.2, 0.25) is 0 Å². The maximum atomic E-state index is 3.96. The first-order chi connectivity index (χ1) is 14.0. The third-order valence-corrected chi connectivity index (χ3v) is 5.96.